The maximum Gasteiger partial charge on any atom is 0.0540 e. The smallest absolute Gasteiger partial charge is 0.0540 e. The van der Waals surface area contributed by atoms with E-state index in [0.29, 0.717) is 0 Å². The van der Waals surface area contributed by atoms with Gasteiger partial charge in [0.25, 0.3) is 0 Å². The van der Waals surface area contributed by atoms with Crippen molar-refractivity contribution in [2.24, 2.45) is 0 Å². The summed E-state index contributed by atoms with van der Waals surface area (Å²) < 4.78 is 0. The van der Waals surface area contributed by atoms with E-state index in [1.165, 1.54) is 54.8 Å². The first-order valence-corrected chi connectivity index (χ1v) is 15.2. The van der Waals surface area contributed by atoms with E-state index in [0.717, 1.165) is 22.7 Å². The molecule has 0 spiro atoms. The zero-order chi connectivity index (χ0) is 29.6. The first-order chi connectivity index (χ1) is 21.7. The fourth-order valence-corrected chi connectivity index (χ4v) is 6.56. The summed E-state index contributed by atoms with van der Waals surface area (Å²) in [5.41, 5.74) is 9.42. The SMILES string of the molecule is Cc1ccc(N(c2ccccc2)c2ccc3ccc4ccc(N(c5ccccc5)c5ccc(C)cc5)c5ccc2c3c45)cc1. The summed E-state index contributed by atoms with van der Waals surface area (Å²) in [6.45, 7) is 4.28. The Morgan fingerprint density at radius 2 is 0.659 bits per heavy atom. The first-order valence-electron chi connectivity index (χ1n) is 15.2. The second-order valence-electron chi connectivity index (χ2n) is 11.6. The second kappa shape index (κ2) is 10.6. The van der Waals surface area contributed by atoms with Gasteiger partial charge in [0.2, 0.25) is 0 Å². The largest absolute Gasteiger partial charge is 0.310 e. The van der Waals surface area contributed by atoms with Crippen LogP contribution in [-0.2, 0) is 0 Å². The van der Waals surface area contributed by atoms with E-state index in [1.807, 2.05) is 0 Å². The fraction of sp³-hybridized carbons (Fsp3) is 0.0476. The molecule has 0 N–H and O–H groups in total. The van der Waals surface area contributed by atoms with E-state index >= 15 is 0 Å². The van der Waals surface area contributed by atoms with Crippen LogP contribution in [0.3, 0.4) is 0 Å². The van der Waals surface area contributed by atoms with Gasteiger partial charge in [0.15, 0.2) is 0 Å². The first kappa shape index (κ1) is 26.1. The Bertz CT molecular complexity index is 2060. The summed E-state index contributed by atoms with van der Waals surface area (Å²) in [4.78, 5) is 4.77. The highest BCUT2D eigenvalue weighted by Crippen LogP contribution is 2.47. The number of hydrogen-bond donors (Lipinski definition) is 0. The third kappa shape index (κ3) is 4.35. The predicted molar refractivity (Wildman–Crippen MR) is 189 cm³/mol. The Hall–Kier alpha value is -5.60. The number of hydrogen-bond acceptors (Lipinski definition) is 2. The predicted octanol–water partition coefficient (Wildman–Crippen LogP) is 12.1. The van der Waals surface area contributed by atoms with Gasteiger partial charge in [-0.1, -0.05) is 108 Å². The molecule has 2 heteroatoms. The average molecular weight is 565 g/mol. The minimum atomic E-state index is 1.14. The molecule has 0 radical (unpaired) electrons. The number of para-hydroxylation sites is 2. The van der Waals surface area contributed by atoms with Crippen molar-refractivity contribution in [3.8, 4) is 0 Å². The maximum absolute atomic E-state index is 2.38. The molecule has 0 amide bonds. The van der Waals surface area contributed by atoms with Gasteiger partial charge in [-0.25, -0.2) is 0 Å². The highest BCUT2D eigenvalue weighted by molar-refractivity contribution is 6.28. The van der Waals surface area contributed by atoms with E-state index in [1.54, 1.807) is 0 Å². The monoisotopic (exact) mass is 564 g/mol. The molecule has 0 fully saturated rings. The fourth-order valence-electron chi connectivity index (χ4n) is 6.56. The third-order valence-electron chi connectivity index (χ3n) is 8.71. The van der Waals surface area contributed by atoms with Gasteiger partial charge in [0.05, 0.1) is 11.4 Å². The van der Waals surface area contributed by atoms with Crippen LogP contribution in [-0.4, -0.2) is 0 Å². The van der Waals surface area contributed by atoms with Crippen LogP contribution < -0.4 is 9.80 Å². The minimum Gasteiger partial charge on any atom is -0.310 e. The maximum atomic E-state index is 2.38. The molecular formula is C42H32N2. The molecular weight excluding hydrogens is 532 g/mol. The number of anilines is 6. The van der Waals surface area contributed by atoms with Crippen LogP contribution in [0.15, 0.2) is 158 Å². The van der Waals surface area contributed by atoms with Gasteiger partial charge in [0, 0.05) is 33.5 Å². The van der Waals surface area contributed by atoms with Gasteiger partial charge in [-0.05, 0) is 96.1 Å². The van der Waals surface area contributed by atoms with Crippen LogP contribution in [0.4, 0.5) is 34.1 Å². The average Bonchev–Trinajstić information content (AvgIpc) is 3.07. The second-order valence-corrected chi connectivity index (χ2v) is 11.6. The molecule has 0 heterocycles. The van der Waals surface area contributed by atoms with Crippen LogP contribution in [0.25, 0.3) is 32.3 Å². The van der Waals surface area contributed by atoms with E-state index in [2.05, 4.69) is 181 Å². The summed E-state index contributed by atoms with van der Waals surface area (Å²) in [6, 6.07) is 57.3. The quantitative estimate of drug-likeness (QED) is 0.185. The van der Waals surface area contributed by atoms with Crippen LogP contribution in [0.2, 0.25) is 0 Å². The van der Waals surface area contributed by atoms with E-state index in [-0.39, 0.29) is 0 Å². The Kier molecular flexibility index (Phi) is 6.27. The van der Waals surface area contributed by atoms with Crippen molar-refractivity contribution in [2.45, 2.75) is 13.8 Å². The molecule has 44 heavy (non-hydrogen) atoms. The lowest BCUT2D eigenvalue weighted by Gasteiger charge is -2.29. The van der Waals surface area contributed by atoms with Crippen LogP contribution >= 0.6 is 0 Å². The van der Waals surface area contributed by atoms with Crippen molar-refractivity contribution in [1.29, 1.82) is 0 Å². The van der Waals surface area contributed by atoms with Crippen molar-refractivity contribution in [3.05, 3.63) is 169 Å². The number of rotatable bonds is 6. The van der Waals surface area contributed by atoms with E-state index < -0.39 is 0 Å². The standard InChI is InChI=1S/C42H32N2/c1-29-13-21-35(22-14-29)43(33-9-5-3-6-10-33)39-27-19-31-17-18-32-20-28-40(38-26-25-37(39)41(31)42(32)38)44(34-11-7-4-8-12-34)36-23-15-30(2)16-24-36/h3-28H,1-2H3. The van der Waals surface area contributed by atoms with Crippen LogP contribution in [0, 0.1) is 13.8 Å². The van der Waals surface area contributed by atoms with Gasteiger partial charge in [0.1, 0.15) is 0 Å². The van der Waals surface area contributed by atoms with Crippen LogP contribution in [0.1, 0.15) is 11.1 Å². The molecule has 8 aromatic carbocycles. The Balaban J connectivity index is 1.41. The van der Waals surface area contributed by atoms with Gasteiger partial charge < -0.3 is 9.80 Å². The molecule has 0 aliphatic carbocycles. The van der Waals surface area contributed by atoms with Crippen molar-refractivity contribution in [2.75, 3.05) is 9.80 Å². The van der Waals surface area contributed by atoms with E-state index in [4.69, 9.17) is 0 Å². The Labute approximate surface area is 258 Å². The highest BCUT2D eigenvalue weighted by atomic mass is 15.1. The molecule has 0 aromatic heterocycles. The molecule has 0 bridgehead atoms. The number of aryl methyl sites for hydroxylation is 2. The highest BCUT2D eigenvalue weighted by Gasteiger charge is 2.21. The lowest BCUT2D eigenvalue weighted by Crippen LogP contribution is -2.11. The molecule has 0 saturated heterocycles. The van der Waals surface area contributed by atoms with Gasteiger partial charge in [-0.3, -0.25) is 0 Å². The zero-order valence-electron chi connectivity index (χ0n) is 24.9. The molecule has 0 atom stereocenters. The number of nitrogens with zero attached hydrogens (tertiary/aromatic N) is 2. The van der Waals surface area contributed by atoms with Gasteiger partial charge >= 0.3 is 0 Å². The number of benzene rings is 8. The summed E-state index contributed by atoms with van der Waals surface area (Å²) in [7, 11) is 0. The minimum absolute atomic E-state index is 1.14. The van der Waals surface area contributed by atoms with Gasteiger partial charge in [-0.15, -0.1) is 0 Å². The lowest BCUT2D eigenvalue weighted by atomic mass is 9.91. The molecule has 0 unspecified atom stereocenters. The summed E-state index contributed by atoms with van der Waals surface area (Å²) in [5.74, 6) is 0. The van der Waals surface area contributed by atoms with Crippen molar-refractivity contribution >= 4 is 66.4 Å². The van der Waals surface area contributed by atoms with Gasteiger partial charge in [-0.2, -0.15) is 0 Å². The molecule has 8 rings (SSSR count). The molecule has 0 aliphatic heterocycles. The molecule has 0 saturated carbocycles. The topological polar surface area (TPSA) is 6.48 Å². The molecule has 2 nitrogen and oxygen atoms in total. The van der Waals surface area contributed by atoms with Crippen molar-refractivity contribution in [1.82, 2.24) is 0 Å². The molecule has 8 aromatic rings. The Morgan fingerprint density at radius 1 is 0.318 bits per heavy atom. The van der Waals surface area contributed by atoms with Crippen molar-refractivity contribution in [3.63, 3.8) is 0 Å². The lowest BCUT2D eigenvalue weighted by molar-refractivity contribution is 1.29. The third-order valence-corrected chi connectivity index (χ3v) is 8.71. The molecule has 210 valence electrons. The summed E-state index contributed by atoms with van der Waals surface area (Å²) in [5, 5.41) is 7.57. The summed E-state index contributed by atoms with van der Waals surface area (Å²) in [6.07, 6.45) is 0. The Morgan fingerprint density at radius 3 is 1.05 bits per heavy atom. The summed E-state index contributed by atoms with van der Waals surface area (Å²) >= 11 is 0. The van der Waals surface area contributed by atoms with E-state index in [9.17, 15) is 0 Å². The molecule has 0 aliphatic rings. The van der Waals surface area contributed by atoms with Crippen molar-refractivity contribution < 1.29 is 0 Å². The van der Waals surface area contributed by atoms with Crippen LogP contribution in [0.5, 0.6) is 0 Å². The zero-order valence-corrected chi connectivity index (χ0v) is 24.9. The normalized spacial score (nSPS) is 11.4.